The van der Waals surface area contributed by atoms with Crippen molar-refractivity contribution >= 4 is 5.69 Å². The second-order valence-electron chi connectivity index (χ2n) is 5.27. The van der Waals surface area contributed by atoms with Crippen LogP contribution in [0.4, 0.5) is 5.69 Å². The lowest BCUT2D eigenvalue weighted by Crippen LogP contribution is -2.21. The average molecular weight is 203 g/mol. The van der Waals surface area contributed by atoms with Crippen molar-refractivity contribution in [2.45, 2.75) is 46.1 Å². The summed E-state index contributed by atoms with van der Waals surface area (Å²) < 4.78 is 0. The smallest absolute Gasteiger partial charge is 0.0376 e. The summed E-state index contributed by atoms with van der Waals surface area (Å²) in [6.45, 7) is 9.08. The predicted molar refractivity (Wildman–Crippen MR) is 66.5 cm³/mol. The molecule has 82 valence electrons. The lowest BCUT2D eigenvalue weighted by Gasteiger charge is -2.14. The van der Waals surface area contributed by atoms with E-state index in [0.717, 1.165) is 0 Å². The Balaban J connectivity index is 2.24. The van der Waals surface area contributed by atoms with E-state index in [1.807, 2.05) is 0 Å². The number of anilines is 1. The van der Waals surface area contributed by atoms with Crippen LogP contribution in [0.3, 0.4) is 0 Å². The minimum atomic E-state index is 0.627. The summed E-state index contributed by atoms with van der Waals surface area (Å²) in [5.74, 6) is 1.34. The summed E-state index contributed by atoms with van der Waals surface area (Å²) in [7, 11) is 0. The third-order valence-electron chi connectivity index (χ3n) is 3.38. The molecule has 0 spiro atoms. The van der Waals surface area contributed by atoms with Crippen molar-refractivity contribution in [2.75, 3.05) is 5.32 Å². The summed E-state index contributed by atoms with van der Waals surface area (Å²) in [4.78, 5) is 0. The van der Waals surface area contributed by atoms with Gasteiger partial charge in [0.15, 0.2) is 0 Å². The van der Waals surface area contributed by atoms with Crippen LogP contribution >= 0.6 is 0 Å². The van der Waals surface area contributed by atoms with Crippen molar-refractivity contribution < 1.29 is 0 Å². The number of nitrogens with one attached hydrogen (secondary N) is 1. The first kappa shape index (κ1) is 10.5. The first-order valence-electron chi connectivity index (χ1n) is 5.97. The van der Waals surface area contributed by atoms with E-state index in [0.29, 0.717) is 17.9 Å². The number of fused-ring (bicyclic) bond motifs is 1. The van der Waals surface area contributed by atoms with Gasteiger partial charge in [-0.1, -0.05) is 39.8 Å². The Kier molecular flexibility index (Phi) is 2.72. The van der Waals surface area contributed by atoms with Crippen molar-refractivity contribution in [2.24, 2.45) is 5.92 Å². The Labute approximate surface area is 92.9 Å². The highest BCUT2D eigenvalue weighted by molar-refractivity contribution is 5.58. The van der Waals surface area contributed by atoms with E-state index in [-0.39, 0.29) is 0 Å². The van der Waals surface area contributed by atoms with Gasteiger partial charge in [0.1, 0.15) is 0 Å². The lowest BCUT2D eigenvalue weighted by molar-refractivity contribution is 0.538. The molecular formula is C14H21N. The van der Waals surface area contributed by atoms with Crippen LogP contribution in [-0.2, 0) is 6.42 Å². The maximum atomic E-state index is 3.60. The highest BCUT2D eigenvalue weighted by Gasteiger charge is 2.23. The Bertz CT molecular complexity index is 352. The highest BCUT2D eigenvalue weighted by atomic mass is 15.0. The molecule has 1 N–H and O–H groups in total. The predicted octanol–water partition coefficient (Wildman–Crippen LogP) is 3.80. The van der Waals surface area contributed by atoms with Gasteiger partial charge in [0.25, 0.3) is 0 Å². The fraction of sp³-hybridized carbons (Fsp3) is 0.571. The van der Waals surface area contributed by atoms with Gasteiger partial charge < -0.3 is 5.32 Å². The molecule has 0 radical (unpaired) electrons. The normalized spacial score (nSPS) is 19.5. The molecule has 1 atom stereocenters. The molecule has 2 rings (SSSR count). The molecule has 1 unspecified atom stereocenters. The zero-order valence-corrected chi connectivity index (χ0v) is 10.2. The third-order valence-corrected chi connectivity index (χ3v) is 3.38. The van der Waals surface area contributed by atoms with Gasteiger partial charge in [-0.15, -0.1) is 0 Å². The third kappa shape index (κ3) is 2.01. The molecule has 0 fully saturated rings. The minimum Gasteiger partial charge on any atom is -0.381 e. The molecule has 0 aromatic heterocycles. The largest absolute Gasteiger partial charge is 0.381 e. The Morgan fingerprint density at radius 3 is 2.53 bits per heavy atom. The lowest BCUT2D eigenvalue weighted by atomic mass is 9.97. The van der Waals surface area contributed by atoms with E-state index >= 15 is 0 Å². The topological polar surface area (TPSA) is 12.0 Å². The number of rotatable bonds is 2. The first-order chi connectivity index (χ1) is 7.08. The van der Waals surface area contributed by atoms with Crippen LogP contribution in [0, 0.1) is 5.92 Å². The van der Waals surface area contributed by atoms with Crippen LogP contribution in [0.25, 0.3) is 0 Å². The zero-order valence-electron chi connectivity index (χ0n) is 10.2. The SMILES string of the molecule is CC(C)c1ccc2c(c1)CC(C(C)C)N2. The molecule has 15 heavy (non-hydrogen) atoms. The van der Waals surface area contributed by atoms with Gasteiger partial charge in [0, 0.05) is 11.7 Å². The van der Waals surface area contributed by atoms with Gasteiger partial charge in [-0.3, -0.25) is 0 Å². The molecule has 1 aromatic carbocycles. The van der Waals surface area contributed by atoms with Crippen molar-refractivity contribution in [3.05, 3.63) is 29.3 Å². The Morgan fingerprint density at radius 1 is 1.20 bits per heavy atom. The maximum Gasteiger partial charge on any atom is 0.0376 e. The van der Waals surface area contributed by atoms with Gasteiger partial charge in [0.2, 0.25) is 0 Å². The zero-order chi connectivity index (χ0) is 11.0. The monoisotopic (exact) mass is 203 g/mol. The molecule has 1 heterocycles. The van der Waals surface area contributed by atoms with Crippen molar-refractivity contribution in [1.82, 2.24) is 0 Å². The van der Waals surface area contributed by atoms with E-state index in [2.05, 4.69) is 51.2 Å². The van der Waals surface area contributed by atoms with Crippen LogP contribution in [0.2, 0.25) is 0 Å². The molecule has 1 aliphatic rings. The summed E-state index contributed by atoms with van der Waals surface area (Å²) in [6.07, 6.45) is 1.19. The quantitative estimate of drug-likeness (QED) is 0.771. The van der Waals surface area contributed by atoms with Gasteiger partial charge in [-0.25, -0.2) is 0 Å². The molecule has 0 aliphatic carbocycles. The van der Waals surface area contributed by atoms with Gasteiger partial charge in [-0.2, -0.15) is 0 Å². The van der Waals surface area contributed by atoms with Crippen LogP contribution < -0.4 is 5.32 Å². The molecule has 1 heteroatoms. The molecule has 0 amide bonds. The highest BCUT2D eigenvalue weighted by Crippen LogP contribution is 2.31. The van der Waals surface area contributed by atoms with Crippen LogP contribution in [-0.4, -0.2) is 6.04 Å². The van der Waals surface area contributed by atoms with Crippen molar-refractivity contribution in [1.29, 1.82) is 0 Å². The summed E-state index contributed by atoms with van der Waals surface area (Å²) in [5, 5.41) is 3.60. The average Bonchev–Trinajstić information content (AvgIpc) is 2.59. The molecule has 1 aliphatic heterocycles. The molecule has 0 saturated carbocycles. The second-order valence-corrected chi connectivity index (χ2v) is 5.27. The minimum absolute atomic E-state index is 0.627. The summed E-state index contributed by atoms with van der Waals surface area (Å²) >= 11 is 0. The van der Waals surface area contributed by atoms with Crippen LogP contribution in [0.5, 0.6) is 0 Å². The van der Waals surface area contributed by atoms with Gasteiger partial charge >= 0.3 is 0 Å². The standard InChI is InChI=1S/C14H21N/c1-9(2)11-5-6-13-12(7-11)8-14(15-13)10(3)4/h5-7,9-10,14-15H,8H2,1-4H3. The Morgan fingerprint density at radius 2 is 1.93 bits per heavy atom. The second kappa shape index (κ2) is 3.88. The van der Waals surface area contributed by atoms with E-state index in [4.69, 9.17) is 0 Å². The van der Waals surface area contributed by atoms with E-state index in [1.54, 1.807) is 0 Å². The van der Waals surface area contributed by atoms with Gasteiger partial charge in [-0.05, 0) is 35.4 Å². The molecular weight excluding hydrogens is 182 g/mol. The summed E-state index contributed by atoms with van der Waals surface area (Å²) in [6, 6.07) is 7.49. The van der Waals surface area contributed by atoms with Crippen molar-refractivity contribution in [3.63, 3.8) is 0 Å². The fourth-order valence-electron chi connectivity index (χ4n) is 2.17. The van der Waals surface area contributed by atoms with Crippen LogP contribution in [0.1, 0.15) is 44.7 Å². The van der Waals surface area contributed by atoms with Crippen LogP contribution in [0.15, 0.2) is 18.2 Å². The number of benzene rings is 1. The fourth-order valence-corrected chi connectivity index (χ4v) is 2.17. The molecule has 1 aromatic rings. The summed E-state index contributed by atoms with van der Waals surface area (Å²) in [5.41, 5.74) is 4.30. The molecule has 1 nitrogen and oxygen atoms in total. The number of hydrogen-bond donors (Lipinski definition) is 1. The maximum absolute atomic E-state index is 3.60. The Hall–Kier alpha value is -0.980. The molecule has 0 bridgehead atoms. The van der Waals surface area contributed by atoms with E-state index in [1.165, 1.54) is 23.2 Å². The molecule has 0 saturated heterocycles. The first-order valence-corrected chi connectivity index (χ1v) is 5.97. The number of hydrogen-bond acceptors (Lipinski definition) is 1. The van der Waals surface area contributed by atoms with E-state index < -0.39 is 0 Å². The van der Waals surface area contributed by atoms with Crippen molar-refractivity contribution in [3.8, 4) is 0 Å². The van der Waals surface area contributed by atoms with Gasteiger partial charge in [0.05, 0.1) is 0 Å². The van der Waals surface area contributed by atoms with E-state index in [9.17, 15) is 0 Å².